The van der Waals surface area contributed by atoms with E-state index in [1.165, 1.54) is 64.2 Å². The van der Waals surface area contributed by atoms with Gasteiger partial charge in [0.25, 0.3) is 10.1 Å². The van der Waals surface area contributed by atoms with Crippen LogP contribution in [-0.4, -0.2) is 35.7 Å². The smallest absolute Gasteiger partial charge is 0.264 e. The average molecular weight is 334 g/mol. The Kier molecular flexibility index (Phi) is 6.96. The van der Waals surface area contributed by atoms with Crippen molar-refractivity contribution in [3.05, 3.63) is 0 Å². The quantitative estimate of drug-likeness (QED) is 0.561. The van der Waals surface area contributed by atoms with Crippen LogP contribution in [0.4, 0.5) is 0 Å². The Morgan fingerprint density at radius 1 is 0.952 bits per heavy atom. The van der Waals surface area contributed by atoms with Crippen molar-refractivity contribution in [2.24, 2.45) is 0 Å². The second-order valence-electron chi connectivity index (χ2n) is 6.95. The third-order valence-electron chi connectivity index (χ3n) is 5.30. The van der Waals surface area contributed by atoms with E-state index in [1.807, 2.05) is 0 Å². The van der Waals surface area contributed by atoms with E-state index in [0.717, 1.165) is 11.3 Å². The van der Waals surface area contributed by atoms with Gasteiger partial charge in [-0.2, -0.15) is 8.42 Å². The third kappa shape index (κ3) is 5.80. The zero-order chi connectivity index (χ0) is 15.3. The molecular weight excluding hydrogens is 303 g/mol. The van der Waals surface area contributed by atoms with Crippen molar-refractivity contribution >= 4 is 18.0 Å². The Hall–Kier alpha value is 0.340. The molecule has 0 radical (unpaired) electrons. The van der Waals surface area contributed by atoms with Crippen LogP contribution in [0, 0.1) is 0 Å². The van der Waals surface area contributed by atoms with Crippen molar-refractivity contribution in [2.45, 2.75) is 94.5 Å². The molecule has 0 heterocycles. The van der Waals surface area contributed by atoms with Gasteiger partial charge in [0.05, 0.1) is 5.75 Å². The maximum Gasteiger partial charge on any atom is 0.264 e. The van der Waals surface area contributed by atoms with E-state index in [2.05, 4.69) is 6.92 Å². The molecule has 0 aromatic carbocycles. The van der Waals surface area contributed by atoms with Crippen molar-refractivity contribution in [3.63, 3.8) is 0 Å². The molecule has 2 aliphatic rings. The van der Waals surface area contributed by atoms with Gasteiger partial charge in [-0.3, -0.25) is 4.55 Å². The van der Waals surface area contributed by atoms with Crippen molar-refractivity contribution in [1.29, 1.82) is 0 Å². The van der Waals surface area contributed by atoms with Gasteiger partial charge in [0.1, 0.15) is 0 Å². The first-order valence-electron chi connectivity index (χ1n) is 8.70. The Bertz CT molecular complexity index is 380. The highest BCUT2D eigenvalue weighted by molar-refractivity contribution is 7.85. The molecule has 1 unspecified atom stereocenters. The maximum absolute atomic E-state index is 11.1. The summed E-state index contributed by atoms with van der Waals surface area (Å²) in [6.07, 6.45) is 14.3. The molecule has 0 amide bonds. The van der Waals surface area contributed by atoms with E-state index < -0.39 is 10.1 Å². The number of rotatable bonds is 6. The summed E-state index contributed by atoms with van der Waals surface area (Å²) in [4.78, 5) is 0. The zero-order valence-electron chi connectivity index (χ0n) is 13.3. The highest BCUT2D eigenvalue weighted by Gasteiger charge is 2.34. The van der Waals surface area contributed by atoms with Gasteiger partial charge in [-0.05, 0) is 49.1 Å². The zero-order valence-corrected chi connectivity index (χ0v) is 15.0. The second-order valence-corrected chi connectivity index (χ2v) is 11.8. The lowest BCUT2D eigenvalue weighted by Crippen LogP contribution is -2.26. The molecule has 2 saturated carbocycles. The number of hydrogen-bond acceptors (Lipinski definition) is 2. The minimum absolute atomic E-state index is 0.0492. The molecule has 3 nitrogen and oxygen atoms in total. The molecule has 5 heteroatoms. The lowest BCUT2D eigenvalue weighted by Gasteiger charge is -2.42. The Morgan fingerprint density at radius 2 is 1.38 bits per heavy atom. The molecule has 1 atom stereocenters. The summed E-state index contributed by atoms with van der Waals surface area (Å²) in [7, 11) is -3.89. The SMILES string of the molecule is CC(CCS(=O)(=O)O)P(C1CCCCC1)C1CCCCC1. The summed E-state index contributed by atoms with van der Waals surface area (Å²) in [5.41, 5.74) is 2.19. The van der Waals surface area contributed by atoms with Crippen LogP contribution < -0.4 is 0 Å². The molecule has 2 aliphatic carbocycles. The van der Waals surface area contributed by atoms with E-state index in [4.69, 9.17) is 4.55 Å². The molecule has 0 spiro atoms. The lowest BCUT2D eigenvalue weighted by atomic mass is 9.99. The van der Waals surface area contributed by atoms with Crippen LogP contribution in [0.1, 0.15) is 77.6 Å². The van der Waals surface area contributed by atoms with Crippen molar-refractivity contribution in [1.82, 2.24) is 0 Å². The van der Waals surface area contributed by atoms with Gasteiger partial charge >= 0.3 is 0 Å². The minimum atomic E-state index is -3.80. The van der Waals surface area contributed by atoms with Gasteiger partial charge in [0, 0.05) is 0 Å². The average Bonchev–Trinajstić information content (AvgIpc) is 2.47. The monoisotopic (exact) mass is 334 g/mol. The van der Waals surface area contributed by atoms with Gasteiger partial charge in [0.2, 0.25) is 0 Å². The highest BCUT2D eigenvalue weighted by Crippen LogP contribution is 2.59. The Labute approximate surface area is 131 Å². The second kappa shape index (κ2) is 8.26. The van der Waals surface area contributed by atoms with Crippen LogP contribution in [0.25, 0.3) is 0 Å². The third-order valence-corrected chi connectivity index (χ3v) is 10.0. The number of hydrogen-bond donors (Lipinski definition) is 1. The molecule has 2 fully saturated rings. The van der Waals surface area contributed by atoms with Crippen LogP contribution in [0.15, 0.2) is 0 Å². The molecule has 0 aromatic heterocycles. The van der Waals surface area contributed by atoms with Gasteiger partial charge in [-0.15, -0.1) is 0 Å². The van der Waals surface area contributed by atoms with E-state index in [0.29, 0.717) is 12.1 Å². The minimum Gasteiger partial charge on any atom is -0.286 e. The fourth-order valence-electron chi connectivity index (χ4n) is 4.24. The van der Waals surface area contributed by atoms with Crippen molar-refractivity contribution in [2.75, 3.05) is 5.75 Å². The van der Waals surface area contributed by atoms with Crippen LogP contribution in [0.5, 0.6) is 0 Å². The van der Waals surface area contributed by atoms with Crippen LogP contribution in [-0.2, 0) is 10.1 Å². The first-order chi connectivity index (χ1) is 9.97. The summed E-state index contributed by atoms with van der Waals surface area (Å²) >= 11 is 0. The van der Waals surface area contributed by atoms with E-state index >= 15 is 0 Å². The van der Waals surface area contributed by atoms with Gasteiger partial charge < -0.3 is 0 Å². The van der Waals surface area contributed by atoms with Crippen molar-refractivity contribution < 1.29 is 13.0 Å². The standard InChI is InChI=1S/C16H31O3PS/c1-14(12-13-21(17,18)19)20(15-8-4-2-5-9-15)16-10-6-3-7-11-16/h14-16H,2-13H2,1H3,(H,17,18,19). The van der Waals surface area contributed by atoms with Crippen LogP contribution >= 0.6 is 7.92 Å². The molecule has 2 rings (SSSR count). The first-order valence-corrected chi connectivity index (χ1v) is 11.9. The fraction of sp³-hybridized carbons (Fsp3) is 1.00. The van der Waals surface area contributed by atoms with Gasteiger partial charge in [0.15, 0.2) is 0 Å². The summed E-state index contributed by atoms with van der Waals surface area (Å²) in [6.45, 7) is 2.25. The van der Waals surface area contributed by atoms with Gasteiger partial charge in [-0.1, -0.05) is 53.4 Å². The fourth-order valence-corrected chi connectivity index (χ4v) is 9.46. The highest BCUT2D eigenvalue weighted by atomic mass is 32.2. The molecule has 0 saturated heterocycles. The molecule has 0 aliphatic heterocycles. The van der Waals surface area contributed by atoms with E-state index in [-0.39, 0.29) is 13.7 Å². The predicted molar refractivity (Wildman–Crippen MR) is 91.2 cm³/mol. The predicted octanol–water partition coefficient (Wildman–Crippen LogP) is 4.80. The van der Waals surface area contributed by atoms with Crippen LogP contribution in [0.2, 0.25) is 0 Å². The Morgan fingerprint density at radius 3 is 1.76 bits per heavy atom. The summed E-state index contributed by atoms with van der Waals surface area (Å²) < 4.78 is 31.2. The van der Waals surface area contributed by atoms with E-state index in [1.54, 1.807) is 0 Å². The van der Waals surface area contributed by atoms with Crippen molar-refractivity contribution in [3.8, 4) is 0 Å². The topological polar surface area (TPSA) is 54.4 Å². The van der Waals surface area contributed by atoms with E-state index in [9.17, 15) is 8.42 Å². The summed E-state index contributed by atoms with van der Waals surface area (Å²) in [5.74, 6) is -0.0492. The summed E-state index contributed by atoms with van der Waals surface area (Å²) in [6, 6.07) is 0. The summed E-state index contributed by atoms with van der Waals surface area (Å²) in [5, 5.41) is 0. The first kappa shape index (κ1) is 17.7. The Balaban J connectivity index is 2.02. The molecule has 0 aromatic rings. The lowest BCUT2D eigenvalue weighted by molar-refractivity contribution is 0.475. The molecule has 21 heavy (non-hydrogen) atoms. The maximum atomic E-state index is 11.1. The normalized spacial score (nSPS) is 24.3. The molecule has 1 N–H and O–H groups in total. The molecule has 0 bridgehead atoms. The van der Waals surface area contributed by atoms with Crippen LogP contribution in [0.3, 0.4) is 0 Å². The molecular formula is C16H31O3PS. The van der Waals surface area contributed by atoms with Gasteiger partial charge in [-0.25, -0.2) is 0 Å². The largest absolute Gasteiger partial charge is 0.286 e. The molecule has 124 valence electrons.